The van der Waals surface area contributed by atoms with E-state index in [2.05, 4.69) is 49.8 Å². The number of nitrogens with one attached hydrogen (secondary N) is 2. The molecule has 116 valence electrons. The maximum absolute atomic E-state index is 12.5. The monoisotopic (exact) mass is 387 g/mol. The summed E-state index contributed by atoms with van der Waals surface area (Å²) in [6, 6.07) is 13.9. The van der Waals surface area contributed by atoms with E-state index in [0.717, 1.165) is 20.6 Å². The van der Waals surface area contributed by atoms with E-state index in [0.29, 0.717) is 0 Å². The van der Waals surface area contributed by atoms with Crippen molar-refractivity contribution in [2.24, 2.45) is 0 Å². The van der Waals surface area contributed by atoms with E-state index in [1.165, 1.54) is 0 Å². The summed E-state index contributed by atoms with van der Waals surface area (Å²) in [7, 11) is 0. The first kappa shape index (κ1) is 14.9. The fourth-order valence-electron chi connectivity index (χ4n) is 2.82. The van der Waals surface area contributed by atoms with Gasteiger partial charge in [-0.05, 0) is 29.8 Å². The van der Waals surface area contributed by atoms with Gasteiger partial charge >= 0.3 is 0 Å². The molecule has 6 heteroatoms. The van der Waals surface area contributed by atoms with Gasteiger partial charge in [-0.1, -0.05) is 40.2 Å². The summed E-state index contributed by atoms with van der Waals surface area (Å²) < 4.78 is 1.04. The van der Waals surface area contributed by atoms with Gasteiger partial charge in [0, 0.05) is 21.6 Å². The molecule has 0 radical (unpaired) electrons. The SMILES string of the molecule is O=C1NC(c2ccccn2)NC2C=C(c3cccc(Br)c3)SC12. The standard InChI is InChI=1S/C17H14BrN3OS/c18-11-5-3-4-10(8-11)14-9-13-15(23-14)17(22)21-16(20-13)12-6-1-2-7-19-12/h1-9,13,15-16,20H,(H,21,22). The third kappa shape index (κ3) is 2.94. The van der Waals surface area contributed by atoms with E-state index >= 15 is 0 Å². The maximum atomic E-state index is 12.5. The lowest BCUT2D eigenvalue weighted by Crippen LogP contribution is -2.56. The summed E-state index contributed by atoms with van der Waals surface area (Å²) in [4.78, 5) is 17.9. The van der Waals surface area contributed by atoms with Crippen LogP contribution in [0.15, 0.2) is 59.2 Å². The highest BCUT2D eigenvalue weighted by atomic mass is 79.9. The Morgan fingerprint density at radius 2 is 2.09 bits per heavy atom. The highest BCUT2D eigenvalue weighted by Crippen LogP contribution is 2.42. The Hall–Kier alpha value is -1.63. The van der Waals surface area contributed by atoms with Crippen molar-refractivity contribution in [1.82, 2.24) is 15.6 Å². The Balaban J connectivity index is 1.60. The Labute approximate surface area is 146 Å². The first-order valence-electron chi connectivity index (χ1n) is 7.32. The molecule has 2 aliphatic rings. The highest BCUT2D eigenvalue weighted by Gasteiger charge is 2.40. The van der Waals surface area contributed by atoms with Crippen LogP contribution in [0.3, 0.4) is 0 Å². The molecular formula is C17H14BrN3OS. The van der Waals surface area contributed by atoms with Crippen molar-refractivity contribution >= 4 is 38.5 Å². The third-order valence-electron chi connectivity index (χ3n) is 3.91. The smallest absolute Gasteiger partial charge is 0.236 e. The molecule has 1 aromatic carbocycles. The molecule has 0 spiro atoms. The average Bonchev–Trinajstić information content (AvgIpc) is 3.00. The second-order valence-electron chi connectivity index (χ2n) is 5.47. The molecule has 23 heavy (non-hydrogen) atoms. The number of nitrogens with zero attached hydrogens (tertiary/aromatic N) is 1. The minimum atomic E-state index is -0.247. The summed E-state index contributed by atoms with van der Waals surface area (Å²) in [6.07, 6.45) is 3.64. The van der Waals surface area contributed by atoms with Gasteiger partial charge in [0.05, 0.1) is 5.69 Å². The Bertz CT molecular complexity index is 780. The predicted octanol–water partition coefficient (Wildman–Crippen LogP) is 3.09. The minimum Gasteiger partial charge on any atom is -0.334 e. The van der Waals surface area contributed by atoms with Crippen molar-refractivity contribution in [3.8, 4) is 0 Å². The van der Waals surface area contributed by atoms with Crippen LogP contribution in [0.1, 0.15) is 17.4 Å². The number of rotatable bonds is 2. The number of carbonyl (C=O) groups excluding carboxylic acids is 1. The van der Waals surface area contributed by atoms with Crippen LogP contribution in [0.5, 0.6) is 0 Å². The van der Waals surface area contributed by atoms with Crippen molar-refractivity contribution in [2.75, 3.05) is 0 Å². The van der Waals surface area contributed by atoms with Gasteiger partial charge in [0.2, 0.25) is 5.91 Å². The van der Waals surface area contributed by atoms with Gasteiger partial charge in [-0.3, -0.25) is 15.1 Å². The summed E-state index contributed by atoms with van der Waals surface area (Å²) in [5.41, 5.74) is 1.95. The summed E-state index contributed by atoms with van der Waals surface area (Å²) >= 11 is 5.11. The fraction of sp³-hybridized carbons (Fsp3) is 0.176. The van der Waals surface area contributed by atoms with Gasteiger partial charge in [-0.15, -0.1) is 11.8 Å². The molecule has 1 amide bonds. The minimum absolute atomic E-state index is 0.00902. The Morgan fingerprint density at radius 1 is 1.17 bits per heavy atom. The molecular weight excluding hydrogens is 374 g/mol. The molecule has 3 unspecified atom stereocenters. The average molecular weight is 388 g/mol. The largest absolute Gasteiger partial charge is 0.334 e. The van der Waals surface area contributed by atoms with Gasteiger partial charge in [-0.2, -0.15) is 0 Å². The number of pyridine rings is 1. The zero-order valence-electron chi connectivity index (χ0n) is 12.1. The number of hydrogen-bond donors (Lipinski definition) is 2. The van der Waals surface area contributed by atoms with Gasteiger partial charge in [0.15, 0.2) is 0 Å². The van der Waals surface area contributed by atoms with Crippen LogP contribution in [-0.4, -0.2) is 22.2 Å². The van der Waals surface area contributed by atoms with Gasteiger partial charge in [-0.25, -0.2) is 0 Å². The normalized spacial score (nSPS) is 26.4. The number of halogens is 1. The Morgan fingerprint density at radius 3 is 2.87 bits per heavy atom. The van der Waals surface area contributed by atoms with E-state index < -0.39 is 0 Å². The molecule has 0 saturated carbocycles. The van der Waals surface area contributed by atoms with E-state index in [1.807, 2.05) is 30.3 Å². The molecule has 2 aromatic rings. The molecule has 4 nitrogen and oxygen atoms in total. The second-order valence-corrected chi connectivity index (χ2v) is 7.57. The van der Waals surface area contributed by atoms with Crippen LogP contribution >= 0.6 is 27.7 Å². The van der Waals surface area contributed by atoms with Gasteiger partial charge < -0.3 is 5.32 Å². The molecule has 1 aromatic heterocycles. The molecule has 2 aliphatic heterocycles. The number of carbonyl (C=O) groups is 1. The molecule has 0 aliphatic carbocycles. The number of amides is 1. The number of hydrogen-bond acceptors (Lipinski definition) is 4. The lowest BCUT2D eigenvalue weighted by molar-refractivity contribution is -0.123. The third-order valence-corrected chi connectivity index (χ3v) is 5.79. The summed E-state index contributed by atoms with van der Waals surface area (Å²) in [5, 5.41) is 6.35. The molecule has 1 fully saturated rings. The lowest BCUT2D eigenvalue weighted by Gasteiger charge is -2.32. The Kier molecular flexibility index (Phi) is 3.97. The van der Waals surface area contributed by atoms with Crippen molar-refractivity contribution in [1.29, 1.82) is 0 Å². The summed E-state index contributed by atoms with van der Waals surface area (Å²) in [5.74, 6) is 0.0515. The van der Waals surface area contributed by atoms with Crippen LogP contribution in [0.2, 0.25) is 0 Å². The maximum Gasteiger partial charge on any atom is 0.236 e. The van der Waals surface area contributed by atoms with Crippen LogP contribution in [0.4, 0.5) is 0 Å². The van der Waals surface area contributed by atoms with Gasteiger partial charge in [0.1, 0.15) is 11.4 Å². The molecule has 4 rings (SSSR count). The zero-order chi connectivity index (χ0) is 15.8. The fourth-order valence-corrected chi connectivity index (χ4v) is 4.46. The van der Waals surface area contributed by atoms with Crippen molar-refractivity contribution in [2.45, 2.75) is 17.5 Å². The van der Waals surface area contributed by atoms with Crippen molar-refractivity contribution in [3.63, 3.8) is 0 Å². The molecule has 1 saturated heterocycles. The predicted molar refractivity (Wildman–Crippen MR) is 95.5 cm³/mol. The molecule has 2 N–H and O–H groups in total. The molecule has 3 atom stereocenters. The van der Waals surface area contributed by atoms with E-state index in [-0.39, 0.29) is 23.4 Å². The van der Waals surface area contributed by atoms with Crippen molar-refractivity contribution in [3.05, 3.63) is 70.5 Å². The number of fused-ring (bicyclic) bond motifs is 1. The van der Waals surface area contributed by atoms with Crippen LogP contribution < -0.4 is 10.6 Å². The van der Waals surface area contributed by atoms with E-state index in [9.17, 15) is 4.79 Å². The van der Waals surface area contributed by atoms with E-state index in [1.54, 1.807) is 18.0 Å². The highest BCUT2D eigenvalue weighted by molar-refractivity contribution is 9.10. The number of aromatic nitrogens is 1. The topological polar surface area (TPSA) is 54.0 Å². The lowest BCUT2D eigenvalue weighted by atomic mass is 10.1. The van der Waals surface area contributed by atoms with Crippen LogP contribution in [0, 0.1) is 0 Å². The second kappa shape index (κ2) is 6.11. The molecule has 3 heterocycles. The first-order chi connectivity index (χ1) is 11.2. The van der Waals surface area contributed by atoms with Crippen LogP contribution in [0.25, 0.3) is 4.91 Å². The zero-order valence-corrected chi connectivity index (χ0v) is 14.5. The van der Waals surface area contributed by atoms with Gasteiger partial charge in [0.25, 0.3) is 0 Å². The number of thioether (sulfide) groups is 1. The van der Waals surface area contributed by atoms with Crippen LogP contribution in [-0.2, 0) is 4.79 Å². The first-order valence-corrected chi connectivity index (χ1v) is 9.00. The van der Waals surface area contributed by atoms with E-state index in [4.69, 9.17) is 0 Å². The number of benzene rings is 1. The molecule has 0 bridgehead atoms. The van der Waals surface area contributed by atoms with Crippen molar-refractivity contribution < 1.29 is 4.79 Å². The quantitative estimate of drug-likeness (QED) is 0.831. The summed E-state index contributed by atoms with van der Waals surface area (Å²) in [6.45, 7) is 0.